The quantitative estimate of drug-likeness (QED) is 0.891. The second-order valence-corrected chi connectivity index (χ2v) is 6.10. The van der Waals surface area contributed by atoms with Gasteiger partial charge in [0.05, 0.1) is 0 Å². The summed E-state index contributed by atoms with van der Waals surface area (Å²) in [5.74, 6) is -0.323. The lowest BCUT2D eigenvalue weighted by Gasteiger charge is -2.30. The fourth-order valence-corrected chi connectivity index (χ4v) is 3.14. The van der Waals surface area contributed by atoms with Crippen LogP contribution in [0.25, 0.3) is 10.9 Å². The lowest BCUT2D eigenvalue weighted by atomic mass is 9.95. The lowest BCUT2D eigenvalue weighted by molar-refractivity contribution is -0.123. The van der Waals surface area contributed by atoms with Crippen molar-refractivity contribution in [2.45, 2.75) is 26.7 Å². The fraction of sp³-hybridized carbons (Fsp3) is 0.412. The zero-order valence-electron chi connectivity index (χ0n) is 13.0. The van der Waals surface area contributed by atoms with Gasteiger partial charge in [0.25, 0.3) is 5.91 Å². The largest absolute Gasteiger partial charge is 0.369 e. The van der Waals surface area contributed by atoms with Gasteiger partial charge in [0.15, 0.2) is 0 Å². The molecule has 3 N–H and O–H groups in total. The molecule has 0 spiro atoms. The molecule has 5 heteroatoms. The van der Waals surface area contributed by atoms with Crippen LogP contribution in [0.3, 0.4) is 0 Å². The van der Waals surface area contributed by atoms with Crippen molar-refractivity contribution in [1.82, 2.24) is 9.88 Å². The van der Waals surface area contributed by atoms with Gasteiger partial charge in [0, 0.05) is 41.2 Å². The second-order valence-electron chi connectivity index (χ2n) is 6.10. The summed E-state index contributed by atoms with van der Waals surface area (Å²) in [5, 5.41) is 1.09. The Labute approximate surface area is 129 Å². The summed E-state index contributed by atoms with van der Waals surface area (Å²) in [4.78, 5) is 29.0. The number of aryl methyl sites for hydroxylation is 2. The van der Waals surface area contributed by atoms with Gasteiger partial charge in [-0.25, -0.2) is 0 Å². The summed E-state index contributed by atoms with van der Waals surface area (Å²) in [7, 11) is 0. The maximum atomic E-state index is 12.6. The standard InChI is InChI=1S/C17H21N3O2/c1-10-11(2)19-15-4-3-13(9-14(10)15)17(22)20-7-5-12(6-8-20)16(18)21/h3-4,9,12,19H,5-8H2,1-2H3,(H2,18,21). The molecular formula is C17H21N3O2. The number of carbonyl (C=O) groups excluding carboxylic acids is 2. The molecule has 1 fully saturated rings. The number of primary amides is 1. The molecular weight excluding hydrogens is 278 g/mol. The third-order valence-electron chi connectivity index (χ3n) is 4.74. The van der Waals surface area contributed by atoms with Crippen molar-refractivity contribution in [2.24, 2.45) is 11.7 Å². The van der Waals surface area contributed by atoms with Gasteiger partial charge in [-0.05, 0) is 50.5 Å². The number of nitrogens with zero attached hydrogens (tertiary/aromatic N) is 1. The Morgan fingerprint density at radius 2 is 1.91 bits per heavy atom. The third kappa shape index (κ3) is 2.47. The number of aromatic nitrogens is 1. The van der Waals surface area contributed by atoms with Crippen LogP contribution >= 0.6 is 0 Å². The Balaban J connectivity index is 1.81. The van der Waals surface area contributed by atoms with E-state index in [1.807, 2.05) is 30.0 Å². The molecule has 2 aromatic rings. The van der Waals surface area contributed by atoms with Crippen molar-refractivity contribution < 1.29 is 9.59 Å². The first kappa shape index (κ1) is 14.6. The maximum Gasteiger partial charge on any atom is 0.253 e. The van der Waals surface area contributed by atoms with Crippen molar-refractivity contribution in [3.8, 4) is 0 Å². The van der Waals surface area contributed by atoms with E-state index in [0.29, 0.717) is 31.5 Å². The molecule has 1 aliphatic heterocycles. The normalized spacial score (nSPS) is 16.2. The van der Waals surface area contributed by atoms with E-state index in [9.17, 15) is 9.59 Å². The van der Waals surface area contributed by atoms with Crippen molar-refractivity contribution >= 4 is 22.7 Å². The number of benzene rings is 1. The first-order valence-electron chi connectivity index (χ1n) is 7.65. The van der Waals surface area contributed by atoms with Crippen LogP contribution in [0.15, 0.2) is 18.2 Å². The topological polar surface area (TPSA) is 79.2 Å². The number of carbonyl (C=O) groups is 2. The summed E-state index contributed by atoms with van der Waals surface area (Å²) < 4.78 is 0. The van der Waals surface area contributed by atoms with Crippen LogP contribution in [-0.2, 0) is 4.79 Å². The van der Waals surface area contributed by atoms with Gasteiger partial charge in [0.1, 0.15) is 0 Å². The number of rotatable bonds is 2. The van der Waals surface area contributed by atoms with Gasteiger partial charge >= 0.3 is 0 Å². The molecule has 0 aliphatic carbocycles. The van der Waals surface area contributed by atoms with Gasteiger partial charge in [0.2, 0.25) is 5.91 Å². The number of likely N-dealkylation sites (tertiary alicyclic amines) is 1. The predicted octanol–water partition coefficient (Wildman–Crippen LogP) is 2.12. The fourth-order valence-electron chi connectivity index (χ4n) is 3.14. The zero-order valence-corrected chi connectivity index (χ0v) is 13.0. The lowest BCUT2D eigenvalue weighted by Crippen LogP contribution is -2.41. The van der Waals surface area contributed by atoms with Crippen LogP contribution in [0.2, 0.25) is 0 Å². The monoisotopic (exact) mass is 299 g/mol. The van der Waals surface area contributed by atoms with E-state index in [1.54, 1.807) is 0 Å². The SMILES string of the molecule is Cc1[nH]c2ccc(C(=O)N3CCC(C(N)=O)CC3)cc2c1C. The number of nitrogens with two attached hydrogens (primary N) is 1. The predicted molar refractivity (Wildman–Crippen MR) is 85.6 cm³/mol. The minimum atomic E-state index is -0.257. The van der Waals surface area contributed by atoms with E-state index >= 15 is 0 Å². The number of fused-ring (bicyclic) bond motifs is 1. The molecule has 2 heterocycles. The van der Waals surface area contributed by atoms with Crippen LogP contribution < -0.4 is 5.73 Å². The van der Waals surface area contributed by atoms with Crippen LogP contribution in [0, 0.1) is 19.8 Å². The minimum Gasteiger partial charge on any atom is -0.369 e. The molecule has 3 rings (SSSR count). The molecule has 1 aromatic heterocycles. The van der Waals surface area contributed by atoms with E-state index in [1.165, 1.54) is 5.56 Å². The van der Waals surface area contributed by atoms with E-state index < -0.39 is 0 Å². The van der Waals surface area contributed by atoms with Gasteiger partial charge in [-0.3, -0.25) is 9.59 Å². The number of aromatic amines is 1. The third-order valence-corrected chi connectivity index (χ3v) is 4.74. The smallest absolute Gasteiger partial charge is 0.253 e. The van der Waals surface area contributed by atoms with Gasteiger partial charge < -0.3 is 15.6 Å². The average Bonchev–Trinajstić information content (AvgIpc) is 2.81. The summed E-state index contributed by atoms with van der Waals surface area (Å²) in [5.41, 5.74) is 9.40. The van der Waals surface area contributed by atoms with Gasteiger partial charge in [-0.15, -0.1) is 0 Å². The van der Waals surface area contributed by atoms with E-state index in [4.69, 9.17) is 5.73 Å². The van der Waals surface area contributed by atoms with Crippen molar-refractivity contribution in [2.75, 3.05) is 13.1 Å². The first-order valence-corrected chi connectivity index (χ1v) is 7.65. The second kappa shape index (κ2) is 5.48. The highest BCUT2D eigenvalue weighted by molar-refractivity contribution is 5.99. The van der Waals surface area contributed by atoms with Gasteiger partial charge in [-0.2, -0.15) is 0 Å². The molecule has 116 valence electrons. The first-order chi connectivity index (χ1) is 10.5. The molecule has 0 bridgehead atoms. The molecule has 0 saturated carbocycles. The van der Waals surface area contributed by atoms with Crippen LogP contribution in [0.4, 0.5) is 0 Å². The summed E-state index contributed by atoms with van der Waals surface area (Å²) >= 11 is 0. The maximum absolute atomic E-state index is 12.6. The highest BCUT2D eigenvalue weighted by atomic mass is 16.2. The minimum absolute atomic E-state index is 0.0306. The summed E-state index contributed by atoms with van der Waals surface area (Å²) in [6.07, 6.45) is 1.32. The molecule has 22 heavy (non-hydrogen) atoms. The van der Waals surface area contributed by atoms with E-state index in [-0.39, 0.29) is 17.7 Å². The Morgan fingerprint density at radius 3 is 2.55 bits per heavy atom. The molecule has 1 aromatic carbocycles. The number of hydrogen-bond donors (Lipinski definition) is 2. The van der Waals surface area contributed by atoms with Crippen molar-refractivity contribution in [3.05, 3.63) is 35.0 Å². The molecule has 1 saturated heterocycles. The van der Waals surface area contributed by atoms with Crippen LogP contribution in [0.5, 0.6) is 0 Å². The van der Waals surface area contributed by atoms with Crippen LogP contribution in [0.1, 0.15) is 34.5 Å². The van der Waals surface area contributed by atoms with Gasteiger partial charge in [-0.1, -0.05) is 0 Å². The summed E-state index contributed by atoms with van der Waals surface area (Å²) in [6, 6.07) is 5.77. The highest BCUT2D eigenvalue weighted by Crippen LogP contribution is 2.24. The number of H-pyrrole nitrogens is 1. The molecule has 0 atom stereocenters. The Hall–Kier alpha value is -2.30. The van der Waals surface area contributed by atoms with Crippen LogP contribution in [-0.4, -0.2) is 34.8 Å². The molecule has 0 unspecified atom stereocenters. The molecule has 2 amide bonds. The summed E-state index contributed by atoms with van der Waals surface area (Å²) in [6.45, 7) is 5.28. The van der Waals surface area contributed by atoms with Crippen molar-refractivity contribution in [3.63, 3.8) is 0 Å². The Bertz CT molecular complexity index is 740. The molecule has 5 nitrogen and oxygen atoms in total. The average molecular weight is 299 g/mol. The zero-order chi connectivity index (χ0) is 15.9. The van der Waals surface area contributed by atoms with E-state index in [2.05, 4.69) is 11.9 Å². The highest BCUT2D eigenvalue weighted by Gasteiger charge is 2.26. The number of hydrogen-bond acceptors (Lipinski definition) is 2. The Kier molecular flexibility index (Phi) is 3.64. The Morgan fingerprint density at radius 1 is 1.23 bits per heavy atom. The van der Waals surface area contributed by atoms with E-state index in [0.717, 1.165) is 16.6 Å². The number of piperidine rings is 1. The molecule has 0 radical (unpaired) electrons. The number of amides is 2. The molecule has 1 aliphatic rings. The van der Waals surface area contributed by atoms with Crippen molar-refractivity contribution in [1.29, 1.82) is 0 Å². The number of nitrogens with one attached hydrogen (secondary N) is 1.